The molecule has 0 saturated carbocycles. The molecule has 5 nitrogen and oxygen atoms in total. The van der Waals surface area contributed by atoms with E-state index in [-0.39, 0.29) is 11.4 Å². The van der Waals surface area contributed by atoms with Crippen molar-refractivity contribution in [1.82, 2.24) is 9.97 Å². The lowest BCUT2D eigenvalue weighted by Crippen LogP contribution is -2.15. The van der Waals surface area contributed by atoms with E-state index in [9.17, 15) is 18.0 Å². The van der Waals surface area contributed by atoms with Gasteiger partial charge in [0.1, 0.15) is 11.5 Å². The minimum absolute atomic E-state index is 0.0118. The molecule has 2 aromatic carbocycles. The van der Waals surface area contributed by atoms with Crippen LogP contribution >= 0.6 is 11.6 Å². The summed E-state index contributed by atoms with van der Waals surface area (Å²) in [6, 6.07) is 11.3. The molecule has 0 radical (unpaired) electrons. The molecule has 1 heterocycles. The van der Waals surface area contributed by atoms with E-state index in [0.29, 0.717) is 16.5 Å². The highest BCUT2D eigenvalue weighted by atomic mass is 35.5. The summed E-state index contributed by atoms with van der Waals surface area (Å²) in [5.74, 6) is -0.288. The Hall–Kier alpha value is -3.13. The Morgan fingerprint density at radius 3 is 2.37 bits per heavy atom. The van der Waals surface area contributed by atoms with Gasteiger partial charge in [0.15, 0.2) is 0 Å². The number of carbonyl (C=O) groups excluding carboxylic acids is 1. The molecule has 1 amide bonds. The van der Waals surface area contributed by atoms with Crippen molar-refractivity contribution in [3.63, 3.8) is 0 Å². The number of aromatic nitrogens is 2. The van der Waals surface area contributed by atoms with Crippen LogP contribution in [0.2, 0.25) is 5.02 Å². The first kappa shape index (κ1) is 18.7. The van der Waals surface area contributed by atoms with Gasteiger partial charge in [0.05, 0.1) is 18.0 Å². The number of nitrogens with one attached hydrogen (secondary N) is 2. The van der Waals surface area contributed by atoms with E-state index >= 15 is 0 Å². The van der Waals surface area contributed by atoms with E-state index in [2.05, 4.69) is 20.6 Å². The van der Waals surface area contributed by atoms with Crippen molar-refractivity contribution in [1.29, 1.82) is 0 Å². The minimum atomic E-state index is -4.49. The molecule has 0 bridgehead atoms. The maximum atomic E-state index is 12.7. The number of anilines is 3. The monoisotopic (exact) mass is 392 g/mol. The van der Waals surface area contributed by atoms with Gasteiger partial charge in [-0.15, -0.1) is 0 Å². The van der Waals surface area contributed by atoms with Crippen molar-refractivity contribution < 1.29 is 18.0 Å². The number of rotatable bonds is 4. The van der Waals surface area contributed by atoms with Crippen molar-refractivity contribution in [3.8, 4) is 0 Å². The standard InChI is InChI=1S/C18H12ClF3N4O/c19-12-4-2-6-14(8-12)25-16-10-23-15(9-24-16)17(27)26-13-5-1-3-11(7-13)18(20,21)22/h1-10H,(H,24,25)(H,26,27). The minimum Gasteiger partial charge on any atom is -0.339 e. The van der Waals surface area contributed by atoms with Gasteiger partial charge in [-0.2, -0.15) is 13.2 Å². The Morgan fingerprint density at radius 1 is 0.963 bits per heavy atom. The molecule has 0 aliphatic rings. The second-order valence-electron chi connectivity index (χ2n) is 5.45. The van der Waals surface area contributed by atoms with E-state index in [4.69, 9.17) is 11.6 Å². The highest BCUT2D eigenvalue weighted by Crippen LogP contribution is 2.30. The molecule has 138 valence electrons. The maximum absolute atomic E-state index is 12.7. The molecule has 1 aromatic heterocycles. The zero-order chi connectivity index (χ0) is 19.4. The number of nitrogens with zero attached hydrogens (tertiary/aromatic N) is 2. The summed E-state index contributed by atoms with van der Waals surface area (Å²) >= 11 is 5.89. The normalized spacial score (nSPS) is 11.1. The number of amides is 1. The molecule has 2 N–H and O–H groups in total. The Bertz CT molecular complexity index is 961. The molecule has 3 aromatic rings. The number of benzene rings is 2. The molecule has 0 aliphatic heterocycles. The third kappa shape index (κ3) is 4.95. The van der Waals surface area contributed by atoms with Crippen LogP contribution in [0.25, 0.3) is 0 Å². The summed E-state index contributed by atoms with van der Waals surface area (Å²) < 4.78 is 38.2. The first-order chi connectivity index (χ1) is 12.8. The fourth-order valence-corrected chi connectivity index (χ4v) is 2.38. The molecule has 27 heavy (non-hydrogen) atoms. The van der Waals surface area contributed by atoms with Gasteiger partial charge >= 0.3 is 6.18 Å². The molecular weight excluding hydrogens is 381 g/mol. The first-order valence-electron chi connectivity index (χ1n) is 7.64. The fraction of sp³-hybridized carbons (Fsp3) is 0.0556. The third-order valence-electron chi connectivity index (χ3n) is 3.43. The SMILES string of the molecule is O=C(Nc1cccc(C(F)(F)F)c1)c1cnc(Nc2cccc(Cl)c2)cn1. The highest BCUT2D eigenvalue weighted by molar-refractivity contribution is 6.30. The Labute approximate surface area is 157 Å². The largest absolute Gasteiger partial charge is 0.416 e. The number of hydrogen-bond acceptors (Lipinski definition) is 4. The summed E-state index contributed by atoms with van der Waals surface area (Å²) in [6.07, 6.45) is -1.94. The van der Waals surface area contributed by atoms with Gasteiger partial charge in [-0.3, -0.25) is 4.79 Å². The molecule has 0 aliphatic carbocycles. The summed E-state index contributed by atoms with van der Waals surface area (Å²) in [5, 5.41) is 5.88. The molecular formula is C18H12ClF3N4O. The quantitative estimate of drug-likeness (QED) is 0.644. The van der Waals surface area contributed by atoms with Crippen LogP contribution in [0.5, 0.6) is 0 Å². The van der Waals surface area contributed by atoms with Crippen LogP contribution in [-0.4, -0.2) is 15.9 Å². The van der Waals surface area contributed by atoms with Gasteiger partial charge in [0, 0.05) is 16.4 Å². The lowest BCUT2D eigenvalue weighted by molar-refractivity contribution is -0.137. The van der Waals surface area contributed by atoms with Crippen LogP contribution < -0.4 is 10.6 Å². The number of halogens is 4. The Kier molecular flexibility index (Phi) is 5.27. The van der Waals surface area contributed by atoms with E-state index in [1.165, 1.54) is 24.5 Å². The van der Waals surface area contributed by atoms with Gasteiger partial charge < -0.3 is 10.6 Å². The Morgan fingerprint density at radius 2 is 1.70 bits per heavy atom. The summed E-state index contributed by atoms with van der Waals surface area (Å²) in [4.78, 5) is 20.2. The second-order valence-corrected chi connectivity index (χ2v) is 5.89. The zero-order valence-electron chi connectivity index (χ0n) is 13.6. The van der Waals surface area contributed by atoms with Gasteiger partial charge in [-0.1, -0.05) is 23.7 Å². The average Bonchev–Trinajstić information content (AvgIpc) is 2.62. The summed E-state index contributed by atoms with van der Waals surface area (Å²) in [6.45, 7) is 0. The van der Waals surface area contributed by atoms with Gasteiger partial charge in [0.2, 0.25) is 0 Å². The van der Waals surface area contributed by atoms with Crippen molar-refractivity contribution in [2.24, 2.45) is 0 Å². The Balaban J connectivity index is 1.69. The second kappa shape index (κ2) is 7.63. The lowest BCUT2D eigenvalue weighted by Gasteiger charge is -2.10. The summed E-state index contributed by atoms with van der Waals surface area (Å²) in [7, 11) is 0. The molecule has 0 unspecified atom stereocenters. The van der Waals surface area contributed by atoms with E-state index in [0.717, 1.165) is 12.1 Å². The predicted molar refractivity (Wildman–Crippen MR) is 96.2 cm³/mol. The van der Waals surface area contributed by atoms with E-state index in [1.54, 1.807) is 24.3 Å². The lowest BCUT2D eigenvalue weighted by atomic mass is 10.2. The van der Waals surface area contributed by atoms with Gasteiger partial charge in [-0.05, 0) is 36.4 Å². The molecule has 0 atom stereocenters. The predicted octanol–water partition coefficient (Wildman–Crippen LogP) is 5.14. The van der Waals surface area contributed by atoms with Crippen LogP contribution in [0.4, 0.5) is 30.4 Å². The zero-order valence-corrected chi connectivity index (χ0v) is 14.3. The van der Waals surface area contributed by atoms with Crippen molar-refractivity contribution in [2.45, 2.75) is 6.18 Å². The number of hydrogen-bond donors (Lipinski definition) is 2. The molecule has 0 fully saturated rings. The topological polar surface area (TPSA) is 66.9 Å². The molecule has 3 rings (SSSR count). The van der Waals surface area contributed by atoms with Gasteiger partial charge in [-0.25, -0.2) is 9.97 Å². The molecule has 9 heteroatoms. The van der Waals surface area contributed by atoms with Crippen molar-refractivity contribution >= 4 is 34.7 Å². The summed E-state index contributed by atoms with van der Waals surface area (Å²) in [5.41, 5.74) is -0.188. The van der Waals surface area contributed by atoms with E-state index in [1.807, 2.05) is 0 Å². The third-order valence-corrected chi connectivity index (χ3v) is 3.66. The van der Waals surface area contributed by atoms with Gasteiger partial charge in [0.25, 0.3) is 5.91 Å². The number of alkyl halides is 3. The average molecular weight is 393 g/mol. The van der Waals surface area contributed by atoms with Crippen LogP contribution in [0, 0.1) is 0 Å². The van der Waals surface area contributed by atoms with Crippen LogP contribution in [0.3, 0.4) is 0 Å². The first-order valence-corrected chi connectivity index (χ1v) is 8.02. The maximum Gasteiger partial charge on any atom is 0.416 e. The highest BCUT2D eigenvalue weighted by Gasteiger charge is 2.30. The molecule has 0 saturated heterocycles. The smallest absolute Gasteiger partial charge is 0.339 e. The molecule has 0 spiro atoms. The van der Waals surface area contributed by atoms with Crippen molar-refractivity contribution in [2.75, 3.05) is 10.6 Å². The van der Waals surface area contributed by atoms with Crippen LogP contribution in [0.15, 0.2) is 60.9 Å². The fourth-order valence-electron chi connectivity index (χ4n) is 2.19. The van der Waals surface area contributed by atoms with E-state index < -0.39 is 17.6 Å². The number of carbonyl (C=O) groups is 1. The van der Waals surface area contributed by atoms with Crippen molar-refractivity contribution in [3.05, 3.63) is 77.2 Å². The van der Waals surface area contributed by atoms with Crippen LogP contribution in [0.1, 0.15) is 16.1 Å². The van der Waals surface area contributed by atoms with Crippen LogP contribution in [-0.2, 0) is 6.18 Å².